The standard InChI is InChI=1S/C15H18ClNO2S/c1-3-15(2,8-9-18)17-14(19)13-12(16)10-6-4-5-7-11(10)20-13/h4-7,18H,3,8-9H2,1-2H3,(H,17,19). The van der Waals surface area contributed by atoms with E-state index in [9.17, 15) is 4.79 Å². The van der Waals surface area contributed by atoms with Crippen molar-refractivity contribution in [3.05, 3.63) is 34.2 Å². The van der Waals surface area contributed by atoms with Crippen LogP contribution in [0.5, 0.6) is 0 Å². The van der Waals surface area contributed by atoms with Gasteiger partial charge < -0.3 is 10.4 Å². The van der Waals surface area contributed by atoms with E-state index in [4.69, 9.17) is 16.7 Å². The summed E-state index contributed by atoms with van der Waals surface area (Å²) in [7, 11) is 0. The fourth-order valence-corrected chi connectivity index (χ4v) is 3.48. The molecule has 0 aliphatic rings. The third kappa shape index (κ3) is 2.97. The lowest BCUT2D eigenvalue weighted by atomic mass is 9.95. The normalized spacial score (nSPS) is 14.2. The van der Waals surface area contributed by atoms with Gasteiger partial charge in [-0.1, -0.05) is 36.7 Å². The van der Waals surface area contributed by atoms with E-state index in [1.165, 1.54) is 11.3 Å². The summed E-state index contributed by atoms with van der Waals surface area (Å²) in [5.41, 5.74) is -0.411. The van der Waals surface area contributed by atoms with Crippen LogP contribution < -0.4 is 5.32 Å². The van der Waals surface area contributed by atoms with Crippen molar-refractivity contribution in [3.63, 3.8) is 0 Å². The molecule has 1 aromatic heterocycles. The van der Waals surface area contributed by atoms with Crippen molar-refractivity contribution in [2.75, 3.05) is 6.61 Å². The molecule has 1 heterocycles. The van der Waals surface area contributed by atoms with Crippen molar-refractivity contribution in [1.82, 2.24) is 5.32 Å². The van der Waals surface area contributed by atoms with E-state index < -0.39 is 5.54 Å². The third-order valence-electron chi connectivity index (χ3n) is 3.60. The van der Waals surface area contributed by atoms with Crippen LogP contribution in [0.1, 0.15) is 36.4 Å². The third-order valence-corrected chi connectivity index (χ3v) is 5.27. The fraction of sp³-hybridized carbons (Fsp3) is 0.400. The van der Waals surface area contributed by atoms with E-state index >= 15 is 0 Å². The van der Waals surface area contributed by atoms with Crippen LogP contribution in [0, 0.1) is 0 Å². The molecule has 1 atom stereocenters. The van der Waals surface area contributed by atoms with Crippen molar-refractivity contribution in [1.29, 1.82) is 0 Å². The van der Waals surface area contributed by atoms with Crippen LogP contribution in [-0.4, -0.2) is 23.2 Å². The average Bonchev–Trinajstić information content (AvgIpc) is 2.77. The van der Waals surface area contributed by atoms with Gasteiger partial charge in [-0.3, -0.25) is 4.79 Å². The molecule has 2 aromatic rings. The van der Waals surface area contributed by atoms with Gasteiger partial charge in [-0.15, -0.1) is 11.3 Å². The number of thiophene rings is 1. The highest BCUT2D eigenvalue weighted by Gasteiger charge is 2.26. The van der Waals surface area contributed by atoms with Gasteiger partial charge in [0.2, 0.25) is 0 Å². The van der Waals surface area contributed by atoms with E-state index in [1.807, 2.05) is 38.1 Å². The van der Waals surface area contributed by atoms with Gasteiger partial charge in [-0.25, -0.2) is 0 Å². The second kappa shape index (κ2) is 6.12. The monoisotopic (exact) mass is 311 g/mol. The second-order valence-corrected chi connectivity index (χ2v) is 6.51. The summed E-state index contributed by atoms with van der Waals surface area (Å²) < 4.78 is 1.00. The maximum atomic E-state index is 12.4. The first-order chi connectivity index (χ1) is 9.50. The Kier molecular flexibility index (Phi) is 4.68. The van der Waals surface area contributed by atoms with Gasteiger partial charge in [0.1, 0.15) is 4.88 Å². The Morgan fingerprint density at radius 1 is 1.45 bits per heavy atom. The number of benzene rings is 1. The molecule has 108 valence electrons. The van der Waals surface area contributed by atoms with Crippen molar-refractivity contribution >= 4 is 38.9 Å². The molecular weight excluding hydrogens is 294 g/mol. The van der Waals surface area contributed by atoms with Crippen molar-refractivity contribution in [2.45, 2.75) is 32.2 Å². The predicted molar refractivity (Wildman–Crippen MR) is 84.7 cm³/mol. The number of amides is 1. The maximum absolute atomic E-state index is 12.4. The summed E-state index contributed by atoms with van der Waals surface area (Å²) in [6.07, 6.45) is 1.28. The summed E-state index contributed by atoms with van der Waals surface area (Å²) in [6.45, 7) is 3.97. The highest BCUT2D eigenvalue weighted by Crippen LogP contribution is 2.35. The minimum Gasteiger partial charge on any atom is -0.396 e. The molecule has 0 spiro atoms. The summed E-state index contributed by atoms with van der Waals surface area (Å²) in [5, 5.41) is 13.5. The SMILES string of the molecule is CCC(C)(CCO)NC(=O)c1sc2ccccc2c1Cl. The van der Waals surface area contributed by atoms with Gasteiger partial charge in [0, 0.05) is 22.2 Å². The molecule has 3 nitrogen and oxygen atoms in total. The number of halogens is 1. The summed E-state index contributed by atoms with van der Waals surface area (Å²) in [5.74, 6) is -0.172. The molecule has 0 saturated carbocycles. The average molecular weight is 312 g/mol. The van der Waals surface area contributed by atoms with Crippen LogP contribution in [0.15, 0.2) is 24.3 Å². The Bertz CT molecular complexity index is 625. The zero-order valence-electron chi connectivity index (χ0n) is 11.6. The Labute approximate surface area is 127 Å². The molecular formula is C15H18ClNO2S. The first-order valence-electron chi connectivity index (χ1n) is 6.61. The van der Waals surface area contributed by atoms with Crippen molar-refractivity contribution in [2.24, 2.45) is 0 Å². The molecule has 2 rings (SSSR count). The first kappa shape index (κ1) is 15.3. The predicted octanol–water partition coefficient (Wildman–Crippen LogP) is 3.84. The van der Waals surface area contributed by atoms with Crippen molar-refractivity contribution in [3.8, 4) is 0 Å². The van der Waals surface area contributed by atoms with Crippen LogP contribution in [0.2, 0.25) is 5.02 Å². The Morgan fingerprint density at radius 3 is 2.75 bits per heavy atom. The van der Waals surface area contributed by atoms with E-state index in [1.54, 1.807) is 0 Å². The highest BCUT2D eigenvalue weighted by molar-refractivity contribution is 7.21. The molecule has 0 aliphatic carbocycles. The van der Waals surface area contributed by atoms with Gasteiger partial charge in [0.05, 0.1) is 5.02 Å². The fourth-order valence-electron chi connectivity index (χ4n) is 2.07. The number of hydrogen-bond acceptors (Lipinski definition) is 3. The Morgan fingerprint density at radius 2 is 2.15 bits per heavy atom. The Hall–Kier alpha value is -1.10. The number of nitrogens with one attached hydrogen (secondary N) is 1. The molecule has 0 fully saturated rings. The molecule has 0 radical (unpaired) electrons. The van der Waals surface area contributed by atoms with Crippen LogP contribution in [0.4, 0.5) is 0 Å². The van der Waals surface area contributed by atoms with Gasteiger partial charge in [-0.05, 0) is 25.8 Å². The number of rotatable bonds is 5. The van der Waals surface area contributed by atoms with E-state index in [-0.39, 0.29) is 12.5 Å². The molecule has 0 aliphatic heterocycles. The van der Waals surface area contributed by atoms with E-state index in [0.717, 1.165) is 16.5 Å². The maximum Gasteiger partial charge on any atom is 0.263 e. The number of aliphatic hydroxyl groups excluding tert-OH is 1. The van der Waals surface area contributed by atoms with Gasteiger partial charge in [0.25, 0.3) is 5.91 Å². The molecule has 1 amide bonds. The zero-order valence-corrected chi connectivity index (χ0v) is 13.1. The number of hydrogen-bond donors (Lipinski definition) is 2. The summed E-state index contributed by atoms with van der Waals surface area (Å²) in [6, 6.07) is 7.70. The molecule has 0 bridgehead atoms. The van der Waals surface area contributed by atoms with Gasteiger partial charge in [0.15, 0.2) is 0 Å². The minimum atomic E-state index is -0.411. The molecule has 1 aromatic carbocycles. The number of fused-ring (bicyclic) bond motifs is 1. The quantitative estimate of drug-likeness (QED) is 0.881. The molecule has 1 unspecified atom stereocenters. The minimum absolute atomic E-state index is 0.0464. The van der Waals surface area contributed by atoms with Crippen LogP contribution in [0.3, 0.4) is 0 Å². The highest BCUT2D eigenvalue weighted by atomic mass is 35.5. The second-order valence-electron chi connectivity index (χ2n) is 5.08. The lowest BCUT2D eigenvalue weighted by Crippen LogP contribution is -2.46. The van der Waals surface area contributed by atoms with E-state index in [2.05, 4.69) is 5.32 Å². The lowest BCUT2D eigenvalue weighted by molar-refractivity contribution is 0.0890. The number of carbonyl (C=O) groups excluding carboxylic acids is 1. The first-order valence-corrected chi connectivity index (χ1v) is 7.80. The smallest absolute Gasteiger partial charge is 0.263 e. The zero-order chi connectivity index (χ0) is 14.8. The van der Waals surface area contributed by atoms with Crippen LogP contribution in [-0.2, 0) is 0 Å². The van der Waals surface area contributed by atoms with E-state index in [0.29, 0.717) is 16.3 Å². The number of carbonyl (C=O) groups is 1. The van der Waals surface area contributed by atoms with Crippen LogP contribution >= 0.6 is 22.9 Å². The Balaban J connectivity index is 2.29. The summed E-state index contributed by atoms with van der Waals surface area (Å²) in [4.78, 5) is 13.0. The van der Waals surface area contributed by atoms with Gasteiger partial charge in [-0.2, -0.15) is 0 Å². The van der Waals surface area contributed by atoms with Gasteiger partial charge >= 0.3 is 0 Å². The summed E-state index contributed by atoms with van der Waals surface area (Å²) >= 11 is 7.70. The topological polar surface area (TPSA) is 49.3 Å². The number of aliphatic hydroxyl groups is 1. The molecule has 0 saturated heterocycles. The van der Waals surface area contributed by atoms with Crippen molar-refractivity contribution < 1.29 is 9.90 Å². The van der Waals surface area contributed by atoms with Crippen LogP contribution in [0.25, 0.3) is 10.1 Å². The molecule has 2 N–H and O–H groups in total. The molecule has 20 heavy (non-hydrogen) atoms. The largest absolute Gasteiger partial charge is 0.396 e. The molecule has 5 heteroatoms. The lowest BCUT2D eigenvalue weighted by Gasteiger charge is -2.28.